The molecular formula is C22H22Cl2N2O4. The van der Waals surface area contributed by atoms with E-state index in [-0.39, 0.29) is 19.2 Å². The van der Waals surface area contributed by atoms with E-state index in [0.717, 1.165) is 11.1 Å². The van der Waals surface area contributed by atoms with E-state index in [1.165, 1.54) is 4.90 Å². The first kappa shape index (κ1) is 22.0. The van der Waals surface area contributed by atoms with E-state index in [9.17, 15) is 9.59 Å². The van der Waals surface area contributed by atoms with Gasteiger partial charge in [0.15, 0.2) is 0 Å². The number of nitrogens with one attached hydrogen (secondary N) is 1. The van der Waals surface area contributed by atoms with E-state index in [0.29, 0.717) is 27.1 Å². The molecule has 158 valence electrons. The minimum absolute atomic E-state index is 0.0690. The van der Waals surface area contributed by atoms with Gasteiger partial charge in [-0.1, -0.05) is 53.0 Å². The quantitative estimate of drug-likeness (QED) is 0.638. The standard InChI is InChI=1S/C22H22Cl2N2O4/c1-4-29-21(27)19-17(12-30-18-11-15(23)8-9-16(18)24)26(3)22(28)25-20(19)14-7-5-6-13(2)10-14/h5-11,20H,4,12H2,1-3H3,(H,25,28). The third-order valence-corrected chi connectivity index (χ3v) is 5.25. The fraction of sp³-hybridized carbons (Fsp3) is 0.273. The highest BCUT2D eigenvalue weighted by molar-refractivity contribution is 6.34. The summed E-state index contributed by atoms with van der Waals surface area (Å²) in [6, 6.07) is 11.4. The number of ether oxygens (including phenoxy) is 2. The number of hydrogen-bond acceptors (Lipinski definition) is 4. The van der Waals surface area contributed by atoms with Gasteiger partial charge in [-0.2, -0.15) is 0 Å². The lowest BCUT2D eigenvalue weighted by atomic mass is 9.94. The zero-order valence-corrected chi connectivity index (χ0v) is 18.4. The van der Waals surface area contributed by atoms with Crippen LogP contribution in [0.25, 0.3) is 0 Å². The zero-order chi connectivity index (χ0) is 21.8. The minimum Gasteiger partial charge on any atom is -0.486 e. The van der Waals surface area contributed by atoms with Crippen LogP contribution in [-0.4, -0.2) is 37.2 Å². The predicted octanol–water partition coefficient (Wildman–Crippen LogP) is 4.89. The summed E-state index contributed by atoms with van der Waals surface area (Å²) in [7, 11) is 1.57. The summed E-state index contributed by atoms with van der Waals surface area (Å²) < 4.78 is 11.1. The van der Waals surface area contributed by atoms with Gasteiger partial charge in [-0.15, -0.1) is 0 Å². The largest absolute Gasteiger partial charge is 0.486 e. The first-order valence-electron chi connectivity index (χ1n) is 9.40. The van der Waals surface area contributed by atoms with Gasteiger partial charge in [0, 0.05) is 18.1 Å². The Hall–Kier alpha value is -2.70. The summed E-state index contributed by atoms with van der Waals surface area (Å²) in [4.78, 5) is 26.9. The molecule has 1 aliphatic heterocycles. The van der Waals surface area contributed by atoms with Crippen LogP contribution in [0.2, 0.25) is 10.0 Å². The predicted molar refractivity (Wildman–Crippen MR) is 116 cm³/mol. The number of benzene rings is 2. The summed E-state index contributed by atoms with van der Waals surface area (Å²) >= 11 is 12.2. The van der Waals surface area contributed by atoms with Crippen LogP contribution in [0.4, 0.5) is 4.79 Å². The number of aryl methyl sites for hydroxylation is 1. The third kappa shape index (κ3) is 4.71. The number of nitrogens with zero attached hydrogens (tertiary/aromatic N) is 1. The molecule has 1 heterocycles. The van der Waals surface area contributed by atoms with Gasteiger partial charge in [0.25, 0.3) is 0 Å². The zero-order valence-electron chi connectivity index (χ0n) is 16.9. The molecule has 30 heavy (non-hydrogen) atoms. The van der Waals surface area contributed by atoms with Crippen molar-refractivity contribution >= 4 is 35.2 Å². The number of halogens is 2. The molecule has 2 amide bonds. The van der Waals surface area contributed by atoms with Gasteiger partial charge in [-0.3, -0.25) is 4.90 Å². The van der Waals surface area contributed by atoms with Crippen molar-refractivity contribution in [1.29, 1.82) is 0 Å². The van der Waals surface area contributed by atoms with Gasteiger partial charge >= 0.3 is 12.0 Å². The van der Waals surface area contributed by atoms with Crippen molar-refractivity contribution in [1.82, 2.24) is 10.2 Å². The molecule has 1 atom stereocenters. The molecule has 0 saturated heterocycles. The molecule has 0 aliphatic carbocycles. The van der Waals surface area contributed by atoms with Crippen molar-refractivity contribution in [2.45, 2.75) is 19.9 Å². The lowest BCUT2D eigenvalue weighted by Gasteiger charge is -2.34. The molecule has 3 rings (SSSR count). The summed E-state index contributed by atoms with van der Waals surface area (Å²) in [5, 5.41) is 3.70. The van der Waals surface area contributed by atoms with Crippen LogP contribution < -0.4 is 10.1 Å². The number of carbonyl (C=O) groups is 2. The van der Waals surface area contributed by atoms with Crippen molar-refractivity contribution < 1.29 is 19.1 Å². The summed E-state index contributed by atoms with van der Waals surface area (Å²) in [6.07, 6.45) is 0. The molecule has 2 aromatic rings. The number of hydrogen-bond donors (Lipinski definition) is 1. The van der Waals surface area contributed by atoms with Gasteiger partial charge in [0.1, 0.15) is 12.4 Å². The van der Waals surface area contributed by atoms with E-state index < -0.39 is 12.0 Å². The molecule has 0 bridgehead atoms. The Morgan fingerprint density at radius 3 is 2.67 bits per heavy atom. The maximum atomic E-state index is 12.9. The van der Waals surface area contributed by atoms with Crippen molar-refractivity contribution in [2.24, 2.45) is 0 Å². The first-order chi connectivity index (χ1) is 14.3. The molecule has 8 heteroatoms. The van der Waals surface area contributed by atoms with Crippen LogP contribution in [0.5, 0.6) is 5.75 Å². The molecule has 2 aromatic carbocycles. The number of urea groups is 1. The second-order valence-electron chi connectivity index (χ2n) is 6.80. The van der Waals surface area contributed by atoms with Gasteiger partial charge in [0.2, 0.25) is 0 Å². The number of rotatable bonds is 6. The lowest BCUT2D eigenvalue weighted by Crippen LogP contribution is -2.48. The smallest absolute Gasteiger partial charge is 0.338 e. The average Bonchev–Trinajstić information content (AvgIpc) is 2.71. The van der Waals surface area contributed by atoms with Crippen LogP contribution in [-0.2, 0) is 9.53 Å². The molecule has 1 aliphatic rings. The van der Waals surface area contributed by atoms with Gasteiger partial charge in [-0.25, -0.2) is 9.59 Å². The van der Waals surface area contributed by atoms with Gasteiger partial charge in [0.05, 0.1) is 28.9 Å². The SMILES string of the molecule is CCOC(=O)C1=C(COc2cc(Cl)ccc2Cl)N(C)C(=O)NC1c1cccc(C)c1. The molecule has 0 aromatic heterocycles. The topological polar surface area (TPSA) is 67.9 Å². The van der Waals surface area contributed by atoms with E-state index in [4.69, 9.17) is 32.7 Å². The van der Waals surface area contributed by atoms with Crippen molar-refractivity contribution in [3.05, 3.63) is 74.9 Å². The van der Waals surface area contributed by atoms with Crippen molar-refractivity contribution in [2.75, 3.05) is 20.3 Å². The highest BCUT2D eigenvalue weighted by Gasteiger charge is 2.37. The fourth-order valence-corrected chi connectivity index (χ4v) is 3.55. The Bertz CT molecular complexity index is 1010. The fourth-order valence-electron chi connectivity index (χ4n) is 3.22. The molecule has 0 fully saturated rings. The molecule has 0 spiro atoms. The third-order valence-electron chi connectivity index (χ3n) is 4.71. The Labute approximate surface area is 185 Å². The summed E-state index contributed by atoms with van der Waals surface area (Å²) in [5.74, 6) is -0.169. The van der Waals surface area contributed by atoms with E-state index >= 15 is 0 Å². The summed E-state index contributed by atoms with van der Waals surface area (Å²) in [6.45, 7) is 3.81. The Morgan fingerprint density at radius 1 is 1.20 bits per heavy atom. The number of likely N-dealkylation sites (N-methyl/N-ethyl adjacent to an activating group) is 1. The normalized spacial score (nSPS) is 16.4. The molecule has 0 radical (unpaired) electrons. The molecular weight excluding hydrogens is 427 g/mol. The monoisotopic (exact) mass is 448 g/mol. The number of amides is 2. The van der Waals surface area contributed by atoms with E-state index in [1.54, 1.807) is 32.2 Å². The second-order valence-corrected chi connectivity index (χ2v) is 7.64. The highest BCUT2D eigenvalue weighted by atomic mass is 35.5. The second kappa shape index (κ2) is 9.41. The van der Waals surface area contributed by atoms with Crippen LogP contribution in [0.1, 0.15) is 24.1 Å². The maximum absolute atomic E-state index is 12.9. The van der Waals surface area contributed by atoms with E-state index in [2.05, 4.69) is 5.32 Å². The maximum Gasteiger partial charge on any atom is 0.338 e. The van der Waals surface area contributed by atoms with Crippen LogP contribution >= 0.6 is 23.2 Å². The summed E-state index contributed by atoms with van der Waals surface area (Å²) in [5.41, 5.74) is 2.48. The number of carbonyl (C=O) groups excluding carboxylic acids is 2. The van der Waals surface area contributed by atoms with Gasteiger partial charge < -0.3 is 14.8 Å². The molecule has 1 unspecified atom stereocenters. The molecule has 6 nitrogen and oxygen atoms in total. The van der Waals surface area contributed by atoms with Crippen molar-refractivity contribution in [3.63, 3.8) is 0 Å². The first-order valence-corrected chi connectivity index (χ1v) is 10.2. The van der Waals surface area contributed by atoms with E-state index in [1.807, 2.05) is 31.2 Å². The van der Waals surface area contributed by atoms with Gasteiger partial charge in [-0.05, 0) is 31.5 Å². The van der Waals surface area contributed by atoms with Crippen molar-refractivity contribution in [3.8, 4) is 5.75 Å². The highest BCUT2D eigenvalue weighted by Crippen LogP contribution is 2.33. The Kier molecular flexibility index (Phi) is 6.90. The van der Waals surface area contributed by atoms with Crippen LogP contribution in [0.3, 0.4) is 0 Å². The number of esters is 1. The van der Waals surface area contributed by atoms with Crippen LogP contribution in [0.15, 0.2) is 53.7 Å². The Balaban J connectivity index is 2.06. The minimum atomic E-state index is -0.666. The Morgan fingerprint density at radius 2 is 1.97 bits per heavy atom. The lowest BCUT2D eigenvalue weighted by molar-refractivity contribution is -0.139. The molecule has 1 N–H and O–H groups in total. The van der Waals surface area contributed by atoms with Crippen LogP contribution in [0, 0.1) is 6.92 Å². The average molecular weight is 449 g/mol. The molecule has 0 saturated carbocycles.